The molecule has 0 heterocycles. The lowest BCUT2D eigenvalue weighted by atomic mass is 9.98. The zero-order valence-corrected chi connectivity index (χ0v) is 19.4. The Morgan fingerprint density at radius 1 is 0.771 bits per heavy atom. The molecule has 0 aromatic heterocycles. The molecule has 0 saturated heterocycles. The molecule has 1 N–H and O–H groups in total. The molecule has 5 heteroatoms. The topological polar surface area (TPSA) is 58.6 Å². The minimum absolute atomic E-state index is 0.0500. The summed E-state index contributed by atoms with van der Waals surface area (Å²) in [6, 6.07) is 34.1. The summed E-state index contributed by atoms with van der Waals surface area (Å²) in [5.74, 6) is -0.304. The maximum atomic E-state index is 13.4. The van der Waals surface area contributed by atoms with Crippen LogP contribution in [0.15, 0.2) is 109 Å². The normalized spacial score (nSPS) is 12.8. The number of carbonyl (C=O) groups is 2. The van der Waals surface area contributed by atoms with E-state index in [-0.39, 0.29) is 18.4 Å². The van der Waals surface area contributed by atoms with E-state index in [4.69, 9.17) is 4.74 Å². The van der Waals surface area contributed by atoms with Gasteiger partial charge in [0.25, 0.3) is 5.91 Å². The van der Waals surface area contributed by atoms with E-state index < -0.39 is 12.1 Å². The second-order valence-electron chi connectivity index (χ2n) is 8.55. The molecule has 5 nitrogen and oxygen atoms in total. The van der Waals surface area contributed by atoms with E-state index in [2.05, 4.69) is 29.6 Å². The lowest BCUT2D eigenvalue weighted by Crippen LogP contribution is -2.42. The lowest BCUT2D eigenvalue weighted by Gasteiger charge is -2.25. The number of hydrogen-bond donors (Lipinski definition) is 1. The summed E-state index contributed by atoms with van der Waals surface area (Å²) in [5.41, 5.74) is 6.04. The predicted molar refractivity (Wildman–Crippen MR) is 137 cm³/mol. The molecule has 1 aliphatic carbocycles. The number of ether oxygens (including phenoxy) is 1. The highest BCUT2D eigenvalue weighted by Crippen LogP contribution is 2.44. The quantitative estimate of drug-likeness (QED) is 0.386. The summed E-state index contributed by atoms with van der Waals surface area (Å²) in [5, 5.41) is 2.80. The zero-order valence-electron chi connectivity index (χ0n) is 19.4. The first-order valence-electron chi connectivity index (χ1n) is 11.6. The van der Waals surface area contributed by atoms with Gasteiger partial charge in [-0.25, -0.2) is 4.79 Å². The van der Waals surface area contributed by atoms with Gasteiger partial charge >= 0.3 is 6.09 Å². The van der Waals surface area contributed by atoms with E-state index in [1.807, 2.05) is 84.9 Å². The number of nitrogens with zero attached hydrogens (tertiary/aromatic N) is 1. The van der Waals surface area contributed by atoms with E-state index in [0.29, 0.717) is 5.56 Å². The van der Waals surface area contributed by atoms with Crippen molar-refractivity contribution in [2.24, 2.45) is 0 Å². The largest absolute Gasteiger partial charge is 0.449 e. The average Bonchev–Trinajstić information content (AvgIpc) is 3.24. The fourth-order valence-electron chi connectivity index (χ4n) is 4.66. The number of para-hydroxylation sites is 1. The van der Waals surface area contributed by atoms with Crippen LogP contribution in [0.25, 0.3) is 11.1 Å². The van der Waals surface area contributed by atoms with E-state index in [0.717, 1.165) is 16.8 Å². The number of benzene rings is 4. The molecular weight excluding hydrogens is 436 g/mol. The van der Waals surface area contributed by atoms with E-state index in [1.165, 1.54) is 11.1 Å². The van der Waals surface area contributed by atoms with Crippen molar-refractivity contribution in [1.29, 1.82) is 0 Å². The van der Waals surface area contributed by atoms with Crippen LogP contribution < -0.4 is 10.2 Å². The molecular formula is C30H26N2O3. The molecule has 4 aromatic carbocycles. The molecule has 4 aromatic rings. The molecule has 0 aliphatic heterocycles. The van der Waals surface area contributed by atoms with Crippen LogP contribution in [0, 0.1) is 0 Å². The molecule has 0 radical (unpaired) electrons. The molecule has 35 heavy (non-hydrogen) atoms. The fourth-order valence-corrected chi connectivity index (χ4v) is 4.66. The van der Waals surface area contributed by atoms with Gasteiger partial charge in [-0.05, 0) is 39.9 Å². The monoisotopic (exact) mass is 462 g/mol. The number of likely N-dealkylation sites (N-methyl/N-ethyl adjacent to an activating group) is 1. The molecule has 0 saturated carbocycles. The first kappa shape index (κ1) is 22.4. The molecule has 174 valence electrons. The van der Waals surface area contributed by atoms with Crippen molar-refractivity contribution < 1.29 is 14.3 Å². The summed E-state index contributed by atoms with van der Waals surface area (Å²) in [6.45, 7) is 0.185. The molecule has 1 aliphatic rings. The van der Waals surface area contributed by atoms with Crippen molar-refractivity contribution in [3.05, 3.63) is 126 Å². The Labute approximate surface area is 205 Å². The Balaban J connectivity index is 1.34. The summed E-state index contributed by atoms with van der Waals surface area (Å²) in [7, 11) is 1.70. The Kier molecular flexibility index (Phi) is 6.31. The number of fused-ring (bicyclic) bond motifs is 3. The SMILES string of the molecule is CN(C(=O)[C@@H](NC(=O)OCC1c2ccccc2-c2ccccc21)c1ccccc1)c1ccccc1. The number of alkyl carbamates (subject to hydrolysis) is 1. The molecule has 5 rings (SSSR count). The second-order valence-corrected chi connectivity index (χ2v) is 8.55. The van der Waals surface area contributed by atoms with Gasteiger partial charge in [0.2, 0.25) is 0 Å². The maximum Gasteiger partial charge on any atom is 0.408 e. The van der Waals surface area contributed by atoms with Crippen LogP contribution in [0.4, 0.5) is 10.5 Å². The minimum Gasteiger partial charge on any atom is -0.449 e. The van der Waals surface area contributed by atoms with E-state index in [9.17, 15) is 9.59 Å². The summed E-state index contributed by atoms with van der Waals surface area (Å²) in [6.07, 6.45) is -0.629. The van der Waals surface area contributed by atoms with Crippen molar-refractivity contribution in [2.45, 2.75) is 12.0 Å². The van der Waals surface area contributed by atoms with Gasteiger partial charge in [0, 0.05) is 18.7 Å². The third-order valence-corrected chi connectivity index (χ3v) is 6.46. The van der Waals surface area contributed by atoms with E-state index in [1.54, 1.807) is 11.9 Å². The van der Waals surface area contributed by atoms with Crippen molar-refractivity contribution in [2.75, 3.05) is 18.6 Å². The Bertz CT molecular complexity index is 1290. The van der Waals surface area contributed by atoms with Crippen molar-refractivity contribution in [3.8, 4) is 11.1 Å². The lowest BCUT2D eigenvalue weighted by molar-refractivity contribution is -0.120. The van der Waals surface area contributed by atoms with Gasteiger partial charge in [-0.1, -0.05) is 97.1 Å². The van der Waals surface area contributed by atoms with Crippen molar-refractivity contribution in [3.63, 3.8) is 0 Å². The van der Waals surface area contributed by atoms with Gasteiger partial charge in [0.15, 0.2) is 0 Å². The minimum atomic E-state index is -0.878. The van der Waals surface area contributed by atoms with Crippen LogP contribution >= 0.6 is 0 Å². The van der Waals surface area contributed by atoms with Gasteiger partial charge < -0.3 is 15.0 Å². The zero-order chi connectivity index (χ0) is 24.2. The molecule has 1 atom stereocenters. The average molecular weight is 463 g/mol. The summed E-state index contributed by atoms with van der Waals surface area (Å²) >= 11 is 0. The highest BCUT2D eigenvalue weighted by Gasteiger charge is 2.31. The molecule has 0 bridgehead atoms. The van der Waals surface area contributed by atoms with Crippen LogP contribution in [-0.2, 0) is 9.53 Å². The standard InChI is InChI=1S/C30H26N2O3/c1-32(22-14-6-3-7-15-22)29(33)28(21-12-4-2-5-13-21)31-30(34)35-20-27-25-18-10-8-16-23(25)24-17-9-11-19-26(24)27/h2-19,27-28H,20H2,1H3,(H,31,34)/t28-/m0/s1. The van der Waals surface area contributed by atoms with Crippen LogP contribution in [0.1, 0.15) is 28.7 Å². The highest BCUT2D eigenvalue weighted by atomic mass is 16.5. The van der Waals surface area contributed by atoms with Gasteiger partial charge in [-0.2, -0.15) is 0 Å². The smallest absolute Gasteiger partial charge is 0.408 e. The molecule has 0 spiro atoms. The number of nitrogens with one attached hydrogen (secondary N) is 1. The third kappa shape index (κ3) is 4.53. The van der Waals surface area contributed by atoms with Gasteiger partial charge in [0.1, 0.15) is 12.6 Å². The molecule has 0 fully saturated rings. The number of amides is 2. The Morgan fingerprint density at radius 2 is 1.29 bits per heavy atom. The first-order valence-corrected chi connectivity index (χ1v) is 11.6. The van der Waals surface area contributed by atoms with Crippen molar-refractivity contribution >= 4 is 17.7 Å². The van der Waals surface area contributed by atoms with Gasteiger partial charge in [-0.15, -0.1) is 0 Å². The Hall–Kier alpha value is -4.38. The number of anilines is 1. The van der Waals surface area contributed by atoms with Crippen LogP contribution in [0.3, 0.4) is 0 Å². The number of hydrogen-bond acceptors (Lipinski definition) is 3. The third-order valence-electron chi connectivity index (χ3n) is 6.46. The van der Waals surface area contributed by atoms with Crippen LogP contribution in [0.5, 0.6) is 0 Å². The van der Waals surface area contributed by atoms with Gasteiger partial charge in [0.05, 0.1) is 0 Å². The summed E-state index contributed by atoms with van der Waals surface area (Å²) < 4.78 is 5.71. The van der Waals surface area contributed by atoms with Crippen LogP contribution in [-0.4, -0.2) is 25.7 Å². The van der Waals surface area contributed by atoms with Crippen LogP contribution in [0.2, 0.25) is 0 Å². The van der Waals surface area contributed by atoms with Gasteiger partial charge in [-0.3, -0.25) is 4.79 Å². The first-order chi connectivity index (χ1) is 17.1. The predicted octanol–water partition coefficient (Wildman–Crippen LogP) is 5.93. The highest BCUT2D eigenvalue weighted by molar-refractivity contribution is 5.98. The van der Waals surface area contributed by atoms with Crippen molar-refractivity contribution in [1.82, 2.24) is 5.32 Å². The maximum absolute atomic E-state index is 13.4. The molecule has 2 amide bonds. The second kappa shape index (κ2) is 9.85. The number of carbonyl (C=O) groups excluding carboxylic acids is 2. The Morgan fingerprint density at radius 3 is 1.89 bits per heavy atom. The fraction of sp³-hybridized carbons (Fsp3) is 0.133. The number of rotatable bonds is 6. The van der Waals surface area contributed by atoms with E-state index >= 15 is 0 Å². The summed E-state index contributed by atoms with van der Waals surface area (Å²) in [4.78, 5) is 27.9. The molecule has 0 unspecified atom stereocenters.